The van der Waals surface area contributed by atoms with Gasteiger partial charge < -0.3 is 16.0 Å². The van der Waals surface area contributed by atoms with E-state index in [1.165, 1.54) is 0 Å². The van der Waals surface area contributed by atoms with Crippen LogP contribution in [0.25, 0.3) is 0 Å². The van der Waals surface area contributed by atoms with Gasteiger partial charge in [-0.3, -0.25) is 9.59 Å². The molecule has 2 amide bonds. The predicted molar refractivity (Wildman–Crippen MR) is 78.3 cm³/mol. The maximum Gasteiger partial charge on any atom is 0.256 e. The van der Waals surface area contributed by atoms with Gasteiger partial charge in [-0.25, -0.2) is 0 Å². The minimum Gasteiger partial charge on any atom is -0.398 e. The van der Waals surface area contributed by atoms with Crippen molar-refractivity contribution in [2.24, 2.45) is 0 Å². The lowest BCUT2D eigenvalue weighted by molar-refractivity contribution is -0.126. The third kappa shape index (κ3) is 2.61. The number of carbonyl (C=O) groups excluding carboxylic acids is 2. The first-order valence-corrected chi connectivity index (χ1v) is 6.94. The molecule has 0 aromatic heterocycles. The Morgan fingerprint density at radius 2 is 2.10 bits per heavy atom. The zero-order valence-electron chi connectivity index (χ0n) is 12.0. The van der Waals surface area contributed by atoms with Gasteiger partial charge in [0.05, 0.1) is 5.56 Å². The number of nitrogens with one attached hydrogen (secondary N) is 1. The topological polar surface area (TPSA) is 75.4 Å². The van der Waals surface area contributed by atoms with Crippen molar-refractivity contribution < 1.29 is 9.59 Å². The predicted octanol–water partition coefficient (Wildman–Crippen LogP) is 1.32. The van der Waals surface area contributed by atoms with Crippen molar-refractivity contribution in [2.75, 3.05) is 19.3 Å². The minimum atomic E-state index is -0.389. The van der Waals surface area contributed by atoms with Crippen molar-refractivity contribution in [1.82, 2.24) is 10.2 Å². The second-order valence-electron chi connectivity index (χ2n) is 5.16. The summed E-state index contributed by atoms with van der Waals surface area (Å²) in [6.45, 7) is 2.47. The van der Waals surface area contributed by atoms with Crippen LogP contribution in [0, 0.1) is 6.92 Å². The molecule has 1 heterocycles. The van der Waals surface area contributed by atoms with Gasteiger partial charge in [0.15, 0.2) is 0 Å². The number of likely N-dealkylation sites (tertiary alicyclic amines) is 1. The van der Waals surface area contributed by atoms with Gasteiger partial charge in [-0.05, 0) is 37.8 Å². The molecule has 5 nitrogen and oxygen atoms in total. The van der Waals surface area contributed by atoms with Crippen LogP contribution < -0.4 is 11.1 Å². The Balaban J connectivity index is 2.33. The second-order valence-corrected chi connectivity index (χ2v) is 5.16. The van der Waals surface area contributed by atoms with Gasteiger partial charge in [-0.1, -0.05) is 12.1 Å². The van der Waals surface area contributed by atoms with Crippen LogP contribution in [0.5, 0.6) is 0 Å². The number of amides is 2. The Labute approximate surface area is 119 Å². The average molecular weight is 275 g/mol. The fourth-order valence-electron chi connectivity index (χ4n) is 2.74. The third-order valence-corrected chi connectivity index (χ3v) is 3.83. The molecule has 1 aliphatic rings. The average Bonchev–Trinajstić information content (AvgIpc) is 2.46. The highest BCUT2D eigenvalue weighted by Crippen LogP contribution is 2.24. The smallest absolute Gasteiger partial charge is 0.256 e. The number of nitrogens with zero attached hydrogens (tertiary/aromatic N) is 1. The Hall–Kier alpha value is -2.04. The molecule has 3 N–H and O–H groups in total. The molecule has 1 saturated heterocycles. The summed E-state index contributed by atoms with van der Waals surface area (Å²) in [6.07, 6.45) is 2.59. The van der Waals surface area contributed by atoms with E-state index in [1.807, 2.05) is 19.1 Å². The van der Waals surface area contributed by atoms with E-state index in [2.05, 4.69) is 5.32 Å². The van der Waals surface area contributed by atoms with Gasteiger partial charge in [-0.15, -0.1) is 0 Å². The SMILES string of the molecule is CNC(=O)C1CCCCN1C(=O)c1c(C)cccc1N. The molecule has 1 aromatic rings. The van der Waals surface area contributed by atoms with Crippen LogP contribution in [-0.2, 0) is 4.79 Å². The van der Waals surface area contributed by atoms with E-state index in [0.29, 0.717) is 24.2 Å². The molecule has 108 valence electrons. The maximum atomic E-state index is 12.7. The normalized spacial score (nSPS) is 18.7. The van der Waals surface area contributed by atoms with Crippen LogP contribution in [0.1, 0.15) is 35.2 Å². The van der Waals surface area contributed by atoms with Crippen LogP contribution in [-0.4, -0.2) is 36.3 Å². The lowest BCUT2D eigenvalue weighted by Crippen LogP contribution is -2.51. The fourth-order valence-corrected chi connectivity index (χ4v) is 2.74. The molecule has 0 radical (unpaired) electrons. The van der Waals surface area contributed by atoms with E-state index in [4.69, 9.17) is 5.73 Å². The number of nitrogen functional groups attached to an aromatic ring is 1. The number of benzene rings is 1. The zero-order chi connectivity index (χ0) is 14.7. The number of aryl methyl sites for hydroxylation is 1. The first kappa shape index (κ1) is 14.4. The van der Waals surface area contributed by atoms with E-state index in [0.717, 1.165) is 18.4 Å². The van der Waals surface area contributed by atoms with Crippen molar-refractivity contribution in [2.45, 2.75) is 32.2 Å². The summed E-state index contributed by atoms with van der Waals surface area (Å²) in [5, 5.41) is 2.64. The molecule has 2 rings (SSSR count). The summed E-state index contributed by atoms with van der Waals surface area (Å²) in [4.78, 5) is 26.3. The molecule has 1 aliphatic heterocycles. The van der Waals surface area contributed by atoms with Crippen molar-refractivity contribution in [3.63, 3.8) is 0 Å². The number of rotatable bonds is 2. The molecular formula is C15H21N3O2. The van der Waals surface area contributed by atoms with E-state index in [1.54, 1.807) is 18.0 Å². The molecule has 0 spiro atoms. The monoisotopic (exact) mass is 275 g/mol. The number of hydrogen-bond acceptors (Lipinski definition) is 3. The van der Waals surface area contributed by atoms with Crippen LogP contribution in [0.3, 0.4) is 0 Å². The van der Waals surface area contributed by atoms with Gasteiger partial charge in [0, 0.05) is 19.3 Å². The van der Waals surface area contributed by atoms with E-state index in [-0.39, 0.29) is 17.9 Å². The quantitative estimate of drug-likeness (QED) is 0.799. The van der Waals surface area contributed by atoms with Crippen molar-refractivity contribution in [3.8, 4) is 0 Å². The number of carbonyl (C=O) groups is 2. The highest BCUT2D eigenvalue weighted by molar-refractivity contribution is 6.02. The minimum absolute atomic E-state index is 0.106. The van der Waals surface area contributed by atoms with Crippen molar-refractivity contribution in [3.05, 3.63) is 29.3 Å². The Bertz CT molecular complexity index is 508. The highest BCUT2D eigenvalue weighted by Gasteiger charge is 2.33. The van der Waals surface area contributed by atoms with Gasteiger partial charge >= 0.3 is 0 Å². The molecule has 1 atom stereocenters. The molecule has 1 aromatic carbocycles. The van der Waals surface area contributed by atoms with Crippen LogP contribution in [0.15, 0.2) is 18.2 Å². The number of hydrogen-bond donors (Lipinski definition) is 2. The number of likely N-dealkylation sites (N-methyl/N-ethyl adjacent to an activating group) is 1. The number of piperidine rings is 1. The van der Waals surface area contributed by atoms with Gasteiger partial charge in [0.1, 0.15) is 6.04 Å². The number of nitrogens with two attached hydrogens (primary N) is 1. The van der Waals surface area contributed by atoms with E-state index < -0.39 is 0 Å². The van der Waals surface area contributed by atoms with Crippen LogP contribution in [0.4, 0.5) is 5.69 Å². The molecule has 1 unspecified atom stereocenters. The van der Waals surface area contributed by atoms with Gasteiger partial charge in [0.25, 0.3) is 5.91 Å². The van der Waals surface area contributed by atoms with Crippen LogP contribution >= 0.6 is 0 Å². The van der Waals surface area contributed by atoms with Crippen LogP contribution in [0.2, 0.25) is 0 Å². The summed E-state index contributed by atoms with van der Waals surface area (Å²) >= 11 is 0. The first-order chi connectivity index (χ1) is 9.56. The maximum absolute atomic E-state index is 12.7. The van der Waals surface area contributed by atoms with Crippen molar-refractivity contribution in [1.29, 1.82) is 0 Å². The summed E-state index contributed by atoms with van der Waals surface area (Å²) in [5.74, 6) is -0.251. The molecular weight excluding hydrogens is 254 g/mol. The fraction of sp³-hybridized carbons (Fsp3) is 0.467. The summed E-state index contributed by atoms with van der Waals surface area (Å²) in [6, 6.07) is 5.02. The first-order valence-electron chi connectivity index (χ1n) is 6.94. The van der Waals surface area contributed by atoms with Gasteiger partial charge in [0.2, 0.25) is 5.91 Å². The third-order valence-electron chi connectivity index (χ3n) is 3.83. The Kier molecular flexibility index (Phi) is 4.27. The Morgan fingerprint density at radius 1 is 1.35 bits per heavy atom. The van der Waals surface area contributed by atoms with E-state index >= 15 is 0 Å². The van der Waals surface area contributed by atoms with Crippen molar-refractivity contribution >= 4 is 17.5 Å². The molecule has 0 aliphatic carbocycles. The molecule has 0 bridgehead atoms. The largest absolute Gasteiger partial charge is 0.398 e. The second kappa shape index (κ2) is 5.94. The Morgan fingerprint density at radius 3 is 2.75 bits per heavy atom. The standard InChI is InChI=1S/C15H21N3O2/c1-10-6-5-7-11(16)13(10)15(20)18-9-4-3-8-12(18)14(19)17-2/h5-7,12H,3-4,8-9,16H2,1-2H3,(H,17,19). The summed E-state index contributed by atoms with van der Waals surface area (Å²) < 4.78 is 0. The summed E-state index contributed by atoms with van der Waals surface area (Å²) in [7, 11) is 1.60. The summed E-state index contributed by atoms with van der Waals surface area (Å²) in [5.41, 5.74) is 7.76. The zero-order valence-corrected chi connectivity index (χ0v) is 12.0. The molecule has 1 fully saturated rings. The number of anilines is 1. The lowest BCUT2D eigenvalue weighted by Gasteiger charge is -2.35. The van der Waals surface area contributed by atoms with Gasteiger partial charge in [-0.2, -0.15) is 0 Å². The molecule has 20 heavy (non-hydrogen) atoms. The molecule has 5 heteroatoms. The molecule has 0 saturated carbocycles. The highest BCUT2D eigenvalue weighted by atomic mass is 16.2. The van der Waals surface area contributed by atoms with E-state index in [9.17, 15) is 9.59 Å². The lowest BCUT2D eigenvalue weighted by atomic mass is 9.98.